The number of amides is 1. The van der Waals surface area contributed by atoms with E-state index in [-0.39, 0.29) is 18.5 Å². The van der Waals surface area contributed by atoms with Crippen LogP contribution in [0.3, 0.4) is 0 Å². The maximum Gasteiger partial charge on any atom is 0.305 e. The molecule has 0 aromatic carbocycles. The van der Waals surface area contributed by atoms with Crippen molar-refractivity contribution in [3.05, 3.63) is 48.6 Å². The van der Waals surface area contributed by atoms with Gasteiger partial charge in [0, 0.05) is 12.8 Å². The second-order valence-corrected chi connectivity index (χ2v) is 25.6. The number of allylic oxidation sites excluding steroid dienone is 7. The number of carbonyl (C=O) groups excluding carboxylic acids is 2. The molecule has 0 aliphatic carbocycles. The summed E-state index contributed by atoms with van der Waals surface area (Å²) in [6.07, 6.45) is 74.3. The van der Waals surface area contributed by atoms with E-state index in [4.69, 9.17) is 14.2 Å². The summed E-state index contributed by atoms with van der Waals surface area (Å²) in [4.78, 5) is 25.1. The number of hydrogen-bond donors (Lipinski definition) is 6. The van der Waals surface area contributed by atoms with Crippen LogP contribution in [0.5, 0.6) is 0 Å². The molecular formula is C75H139NO10. The first-order valence-electron chi connectivity index (χ1n) is 36.9. The Labute approximate surface area is 529 Å². The highest BCUT2D eigenvalue weighted by Crippen LogP contribution is 2.23. The number of aliphatic hydroxyl groups excluding tert-OH is 5. The summed E-state index contributed by atoms with van der Waals surface area (Å²) in [7, 11) is 0. The van der Waals surface area contributed by atoms with Gasteiger partial charge in [0.2, 0.25) is 5.91 Å². The van der Waals surface area contributed by atoms with Gasteiger partial charge in [0.05, 0.1) is 32.0 Å². The predicted octanol–water partition coefficient (Wildman–Crippen LogP) is 19.1. The molecule has 1 fully saturated rings. The molecule has 1 amide bonds. The normalized spacial score (nSPS) is 18.2. The zero-order chi connectivity index (χ0) is 62.3. The Morgan fingerprint density at radius 3 is 1.17 bits per heavy atom. The maximum absolute atomic E-state index is 13.0. The number of esters is 1. The Bertz CT molecular complexity index is 1570. The molecule has 1 heterocycles. The minimum atomic E-state index is -1.57. The minimum Gasteiger partial charge on any atom is -0.466 e. The van der Waals surface area contributed by atoms with Gasteiger partial charge in [-0.05, 0) is 96.3 Å². The Hall–Kier alpha value is -2.38. The number of aliphatic hydroxyl groups is 5. The van der Waals surface area contributed by atoms with Crippen LogP contribution in [-0.2, 0) is 23.8 Å². The number of ether oxygens (including phenoxy) is 3. The van der Waals surface area contributed by atoms with Crippen molar-refractivity contribution in [3.63, 3.8) is 0 Å². The van der Waals surface area contributed by atoms with Crippen molar-refractivity contribution >= 4 is 11.9 Å². The Morgan fingerprint density at radius 1 is 0.419 bits per heavy atom. The Kier molecular flexibility index (Phi) is 60.9. The monoisotopic (exact) mass is 1210 g/mol. The van der Waals surface area contributed by atoms with Crippen LogP contribution in [0.2, 0.25) is 0 Å². The molecule has 0 radical (unpaired) electrons. The number of carbonyl (C=O) groups is 2. The number of rotatable bonds is 65. The Balaban J connectivity index is 1.89. The first kappa shape index (κ1) is 81.6. The summed E-state index contributed by atoms with van der Waals surface area (Å²) in [5.74, 6) is -0.184. The standard InChI is InChI=1S/C75H139NO10/c1-3-5-7-9-11-13-14-15-16-33-37-40-43-47-51-55-59-63-71(80)84-64-60-56-52-48-44-41-38-35-32-30-28-26-24-22-20-18-17-19-21-23-25-27-29-31-34-36-39-42-46-50-54-58-62-70(79)76-67(68(78)61-57-53-49-45-12-10-8-6-4-2)66-85-75-74(83)73(82)72(81)69(65-77)86-75/h12,15-16,20,22,45,57,61,67-69,72-75,77-78,81-83H,3-11,13-14,17-19,21,23-44,46-56,58-60,62-66H2,1-2H3,(H,76,79)/b16-15-,22-20-,45-12+,61-57+. The molecule has 1 rings (SSSR count). The minimum absolute atomic E-state index is 0.00720. The summed E-state index contributed by atoms with van der Waals surface area (Å²) >= 11 is 0. The molecule has 1 aliphatic heterocycles. The van der Waals surface area contributed by atoms with E-state index in [0.29, 0.717) is 19.4 Å². The fourth-order valence-electron chi connectivity index (χ4n) is 11.6. The average molecular weight is 1210 g/mol. The van der Waals surface area contributed by atoms with Crippen molar-refractivity contribution in [1.82, 2.24) is 5.32 Å². The van der Waals surface area contributed by atoms with Gasteiger partial charge in [0.25, 0.3) is 0 Å². The van der Waals surface area contributed by atoms with E-state index in [1.54, 1.807) is 6.08 Å². The van der Waals surface area contributed by atoms with Gasteiger partial charge in [-0.25, -0.2) is 0 Å². The molecule has 0 saturated carbocycles. The van der Waals surface area contributed by atoms with Crippen LogP contribution >= 0.6 is 0 Å². The molecule has 11 nitrogen and oxygen atoms in total. The van der Waals surface area contributed by atoms with E-state index >= 15 is 0 Å². The zero-order valence-corrected chi connectivity index (χ0v) is 56.0. The summed E-state index contributed by atoms with van der Waals surface area (Å²) in [6, 6.07) is -0.825. The summed E-state index contributed by atoms with van der Waals surface area (Å²) < 4.78 is 16.7. The fourth-order valence-corrected chi connectivity index (χ4v) is 11.6. The van der Waals surface area contributed by atoms with Gasteiger partial charge in [-0.1, -0.05) is 294 Å². The highest BCUT2D eigenvalue weighted by atomic mass is 16.7. The van der Waals surface area contributed by atoms with Crippen LogP contribution in [0, 0.1) is 0 Å². The molecular weight excluding hydrogens is 1070 g/mol. The lowest BCUT2D eigenvalue weighted by Crippen LogP contribution is -2.60. The van der Waals surface area contributed by atoms with Crippen molar-refractivity contribution in [1.29, 1.82) is 0 Å². The molecule has 7 unspecified atom stereocenters. The molecule has 86 heavy (non-hydrogen) atoms. The molecule has 0 aromatic heterocycles. The second-order valence-electron chi connectivity index (χ2n) is 25.6. The summed E-state index contributed by atoms with van der Waals surface area (Å²) in [5.41, 5.74) is 0. The quantitative estimate of drug-likeness (QED) is 0.0195. The van der Waals surface area contributed by atoms with E-state index in [1.165, 1.54) is 270 Å². The third-order valence-corrected chi connectivity index (χ3v) is 17.4. The highest BCUT2D eigenvalue weighted by Gasteiger charge is 2.44. The first-order valence-corrected chi connectivity index (χ1v) is 36.9. The summed E-state index contributed by atoms with van der Waals surface area (Å²) in [5, 5.41) is 54.3. The van der Waals surface area contributed by atoms with Crippen molar-refractivity contribution in [3.8, 4) is 0 Å². The molecule has 7 atom stereocenters. The third kappa shape index (κ3) is 52.4. The van der Waals surface area contributed by atoms with Gasteiger partial charge in [-0.15, -0.1) is 0 Å². The fraction of sp³-hybridized carbons (Fsp3) is 0.867. The van der Waals surface area contributed by atoms with Gasteiger partial charge in [-0.2, -0.15) is 0 Å². The molecule has 1 saturated heterocycles. The van der Waals surface area contributed by atoms with E-state index in [2.05, 4.69) is 55.6 Å². The zero-order valence-electron chi connectivity index (χ0n) is 56.0. The lowest BCUT2D eigenvalue weighted by atomic mass is 9.99. The molecule has 0 bridgehead atoms. The topological polar surface area (TPSA) is 175 Å². The van der Waals surface area contributed by atoms with Crippen LogP contribution in [0.25, 0.3) is 0 Å². The number of hydrogen-bond acceptors (Lipinski definition) is 10. The van der Waals surface area contributed by atoms with E-state index in [1.807, 2.05) is 6.08 Å². The van der Waals surface area contributed by atoms with E-state index in [0.717, 1.165) is 57.8 Å². The SMILES string of the molecule is CCCCC/C=C/CC/C=C/C(O)C(COC1OC(CO)C(O)C(O)C1O)NC(=O)CCCCCCCCCCCCCCCCCC/C=C\CCCCCCCCCCCCCCOC(=O)CCCCCCCCC/C=C\CCCCCCCC. The van der Waals surface area contributed by atoms with Crippen molar-refractivity contribution < 1.29 is 49.3 Å². The second kappa shape index (κ2) is 64.2. The molecule has 504 valence electrons. The largest absolute Gasteiger partial charge is 0.466 e. The first-order chi connectivity index (χ1) is 42.2. The van der Waals surface area contributed by atoms with Crippen LogP contribution in [0.15, 0.2) is 48.6 Å². The number of nitrogens with one attached hydrogen (secondary N) is 1. The number of unbranched alkanes of at least 4 members (excludes halogenated alkanes) is 45. The van der Waals surface area contributed by atoms with E-state index in [9.17, 15) is 35.1 Å². The Morgan fingerprint density at radius 2 is 0.756 bits per heavy atom. The lowest BCUT2D eigenvalue weighted by molar-refractivity contribution is -0.302. The molecule has 6 N–H and O–H groups in total. The highest BCUT2D eigenvalue weighted by molar-refractivity contribution is 5.76. The molecule has 11 heteroatoms. The van der Waals surface area contributed by atoms with Crippen LogP contribution < -0.4 is 5.32 Å². The molecule has 0 spiro atoms. The van der Waals surface area contributed by atoms with Gasteiger partial charge in [-0.3, -0.25) is 9.59 Å². The van der Waals surface area contributed by atoms with Crippen molar-refractivity contribution in [2.75, 3.05) is 19.8 Å². The van der Waals surface area contributed by atoms with Crippen LogP contribution in [-0.4, -0.2) is 100 Å². The summed E-state index contributed by atoms with van der Waals surface area (Å²) in [6.45, 7) is 4.30. The van der Waals surface area contributed by atoms with Crippen molar-refractivity contribution in [2.24, 2.45) is 0 Å². The predicted molar refractivity (Wildman–Crippen MR) is 361 cm³/mol. The van der Waals surface area contributed by atoms with Crippen molar-refractivity contribution in [2.45, 2.75) is 397 Å². The van der Waals surface area contributed by atoms with Gasteiger partial charge in [0.1, 0.15) is 24.4 Å². The average Bonchev–Trinajstić information content (AvgIpc) is 3.70. The van der Waals surface area contributed by atoms with Crippen LogP contribution in [0.1, 0.15) is 354 Å². The lowest BCUT2D eigenvalue weighted by Gasteiger charge is -2.40. The maximum atomic E-state index is 13.0. The third-order valence-electron chi connectivity index (χ3n) is 17.4. The van der Waals surface area contributed by atoms with Gasteiger partial charge < -0.3 is 45.1 Å². The molecule has 1 aliphatic rings. The molecule has 0 aromatic rings. The van der Waals surface area contributed by atoms with E-state index < -0.39 is 49.5 Å². The van der Waals surface area contributed by atoms with Crippen LogP contribution in [0.4, 0.5) is 0 Å². The van der Waals surface area contributed by atoms with Gasteiger partial charge >= 0.3 is 5.97 Å². The van der Waals surface area contributed by atoms with Gasteiger partial charge in [0.15, 0.2) is 6.29 Å². The smallest absolute Gasteiger partial charge is 0.305 e.